The molecule has 5 aliphatic rings. The largest absolute Gasteiger partial charge is 0.321 e. The van der Waals surface area contributed by atoms with Gasteiger partial charge in [-0.15, -0.1) is 5.10 Å². The predicted molar refractivity (Wildman–Crippen MR) is 128 cm³/mol. The van der Waals surface area contributed by atoms with E-state index in [9.17, 15) is 4.79 Å². The smallest absolute Gasteiger partial charge is 0.228 e. The predicted octanol–water partition coefficient (Wildman–Crippen LogP) is 4.58. The van der Waals surface area contributed by atoms with Crippen molar-refractivity contribution < 1.29 is 19.3 Å². The normalized spacial score (nSPS) is 38.5. The van der Waals surface area contributed by atoms with Gasteiger partial charge in [0.05, 0.1) is 18.4 Å². The van der Waals surface area contributed by atoms with Gasteiger partial charge in [0.15, 0.2) is 11.8 Å². The number of hydrogen-bond donors (Lipinski definition) is 0. The summed E-state index contributed by atoms with van der Waals surface area (Å²) < 4.78 is 8.40. The first-order valence-electron chi connectivity index (χ1n) is 13.1. The first-order chi connectivity index (χ1) is 16.7. The molecule has 1 aliphatic carbocycles. The molecule has 8 nitrogen and oxygen atoms in total. The summed E-state index contributed by atoms with van der Waals surface area (Å²) in [6.07, 6.45) is 5.19. The Bertz CT molecular complexity index is 1130. The van der Waals surface area contributed by atoms with Gasteiger partial charge in [-0.3, -0.25) is 4.79 Å². The van der Waals surface area contributed by atoms with Gasteiger partial charge >= 0.3 is 0 Å². The number of piperidine rings is 1. The van der Waals surface area contributed by atoms with Gasteiger partial charge in [0, 0.05) is 18.3 Å². The molecule has 4 saturated heterocycles. The standard InChI is InChI=1S/C27H36N4O4/c1-16(2)19-7-6-8-21(13-19)31-15-20(28-29-31)14-30-24(32)18(4)23-10-9-17(3)22-11-12-26(5)33-25(30)27(22,23)35-34-26/h6-8,13,15-18,22-23,25H,9-12,14H2,1-5H3/t17-,18-,22+,23+,25-,26-,27-/m1/s1. The molecule has 7 atom stereocenters. The quantitative estimate of drug-likeness (QED) is 0.596. The maximum Gasteiger partial charge on any atom is 0.228 e. The van der Waals surface area contributed by atoms with E-state index >= 15 is 0 Å². The van der Waals surface area contributed by atoms with Crippen LogP contribution in [-0.2, 0) is 25.9 Å². The summed E-state index contributed by atoms with van der Waals surface area (Å²) in [6.45, 7) is 10.9. The average Bonchev–Trinajstić information content (AvgIpc) is 3.19. The van der Waals surface area contributed by atoms with E-state index in [1.54, 1.807) is 4.68 Å². The summed E-state index contributed by atoms with van der Waals surface area (Å²) in [5, 5.41) is 8.82. The summed E-state index contributed by atoms with van der Waals surface area (Å²) in [4.78, 5) is 27.9. The van der Waals surface area contributed by atoms with Crippen molar-refractivity contribution in [2.75, 3.05) is 0 Å². The second-order valence-corrected chi connectivity index (χ2v) is 11.6. The molecule has 1 aromatic heterocycles. The Balaban J connectivity index is 1.35. The molecule has 188 valence electrons. The van der Waals surface area contributed by atoms with Crippen LogP contribution in [0.25, 0.3) is 5.69 Å². The van der Waals surface area contributed by atoms with Gasteiger partial charge in [-0.1, -0.05) is 45.0 Å². The van der Waals surface area contributed by atoms with Gasteiger partial charge in [-0.2, -0.15) is 0 Å². The monoisotopic (exact) mass is 480 g/mol. The number of aromatic nitrogens is 3. The van der Waals surface area contributed by atoms with Crippen LogP contribution in [0.3, 0.4) is 0 Å². The van der Waals surface area contributed by atoms with E-state index in [1.807, 2.05) is 37.1 Å². The SMILES string of the molecule is CC(C)c1cccc(-n2cc(CN3C(=O)[C@H](C)[C@@H]4CC[C@@H](C)[C@@H]5CC[C@@]6(C)OO[C@]54[C@H]3O6)nn2)c1. The zero-order chi connectivity index (χ0) is 24.5. The number of nitrogens with zero attached hydrogens (tertiary/aromatic N) is 4. The van der Waals surface area contributed by atoms with Gasteiger partial charge in [0.2, 0.25) is 11.7 Å². The van der Waals surface area contributed by atoms with E-state index in [2.05, 4.69) is 43.2 Å². The van der Waals surface area contributed by atoms with Gasteiger partial charge in [0.25, 0.3) is 0 Å². The number of fused-ring (bicyclic) bond motifs is 2. The molecule has 0 radical (unpaired) electrons. The lowest BCUT2D eigenvalue weighted by atomic mass is 9.57. The molecule has 0 unspecified atom stereocenters. The van der Waals surface area contributed by atoms with Crippen LogP contribution in [0.15, 0.2) is 30.5 Å². The lowest BCUT2D eigenvalue weighted by Crippen LogP contribution is -2.74. The number of hydrogen-bond acceptors (Lipinski definition) is 6. The summed E-state index contributed by atoms with van der Waals surface area (Å²) in [5.74, 6) is 0.333. The fraction of sp³-hybridized carbons (Fsp3) is 0.667. The second-order valence-electron chi connectivity index (χ2n) is 11.6. The number of rotatable bonds is 4. The number of carbonyl (C=O) groups is 1. The number of ether oxygens (including phenoxy) is 1. The summed E-state index contributed by atoms with van der Waals surface area (Å²) in [7, 11) is 0. The van der Waals surface area contributed by atoms with Crippen molar-refractivity contribution >= 4 is 5.91 Å². The van der Waals surface area contributed by atoms with Crippen LogP contribution in [0.2, 0.25) is 0 Å². The minimum atomic E-state index is -0.856. The fourth-order valence-corrected chi connectivity index (χ4v) is 7.01. The molecule has 8 heteroatoms. The highest BCUT2D eigenvalue weighted by atomic mass is 17.3. The van der Waals surface area contributed by atoms with Crippen LogP contribution < -0.4 is 0 Å². The van der Waals surface area contributed by atoms with Crippen molar-refractivity contribution in [3.8, 4) is 5.69 Å². The lowest BCUT2D eigenvalue weighted by Gasteiger charge is -2.61. The molecule has 4 aliphatic heterocycles. The molecule has 1 spiro atoms. The van der Waals surface area contributed by atoms with Crippen LogP contribution in [0.4, 0.5) is 0 Å². The minimum absolute atomic E-state index is 0.0783. The van der Waals surface area contributed by atoms with E-state index in [-0.39, 0.29) is 23.7 Å². The first kappa shape index (κ1) is 23.1. The number of benzene rings is 1. The first-order valence-corrected chi connectivity index (χ1v) is 13.1. The molecule has 1 saturated carbocycles. The van der Waals surface area contributed by atoms with E-state index in [4.69, 9.17) is 14.5 Å². The molecular weight excluding hydrogens is 444 g/mol. The van der Waals surface area contributed by atoms with E-state index in [0.717, 1.165) is 37.1 Å². The maximum absolute atomic E-state index is 13.7. The molecule has 5 fully saturated rings. The average molecular weight is 481 g/mol. The molecule has 1 amide bonds. The highest BCUT2D eigenvalue weighted by Gasteiger charge is 2.70. The molecule has 1 aromatic carbocycles. The highest BCUT2D eigenvalue weighted by molar-refractivity contribution is 5.80. The molecule has 35 heavy (non-hydrogen) atoms. The van der Waals surface area contributed by atoms with E-state index in [1.165, 1.54) is 5.56 Å². The summed E-state index contributed by atoms with van der Waals surface area (Å²) in [5.41, 5.74) is 2.28. The number of carbonyl (C=O) groups excluding carboxylic acids is 1. The Morgan fingerprint density at radius 1 is 1.14 bits per heavy atom. The molecule has 7 rings (SSSR count). The van der Waals surface area contributed by atoms with Crippen molar-refractivity contribution in [3.05, 3.63) is 41.7 Å². The Morgan fingerprint density at radius 3 is 2.77 bits per heavy atom. The van der Waals surface area contributed by atoms with Gasteiger partial charge in [-0.25, -0.2) is 14.5 Å². The van der Waals surface area contributed by atoms with Gasteiger partial charge in [-0.05, 0) is 61.6 Å². The Morgan fingerprint density at radius 2 is 1.97 bits per heavy atom. The molecule has 2 bridgehead atoms. The third kappa shape index (κ3) is 3.48. The fourth-order valence-electron chi connectivity index (χ4n) is 7.01. The number of amides is 1. The Hall–Kier alpha value is -2.29. The van der Waals surface area contributed by atoms with Crippen LogP contribution in [-0.4, -0.2) is 43.4 Å². The lowest BCUT2D eigenvalue weighted by molar-refractivity contribution is -0.548. The molecular formula is C27H36N4O4. The zero-order valence-electron chi connectivity index (χ0n) is 21.3. The third-order valence-electron chi connectivity index (χ3n) is 9.03. The summed E-state index contributed by atoms with van der Waals surface area (Å²) >= 11 is 0. The topological polar surface area (TPSA) is 78.7 Å². The second kappa shape index (κ2) is 8.11. The van der Waals surface area contributed by atoms with E-state index < -0.39 is 17.6 Å². The van der Waals surface area contributed by atoms with Crippen molar-refractivity contribution in [3.63, 3.8) is 0 Å². The Labute approximate surface area is 206 Å². The molecule has 0 N–H and O–H groups in total. The van der Waals surface area contributed by atoms with Crippen molar-refractivity contribution in [1.29, 1.82) is 0 Å². The van der Waals surface area contributed by atoms with E-state index in [0.29, 0.717) is 18.4 Å². The van der Waals surface area contributed by atoms with Crippen LogP contribution in [0, 0.1) is 23.7 Å². The van der Waals surface area contributed by atoms with Crippen LogP contribution in [0.1, 0.15) is 77.5 Å². The third-order valence-corrected chi connectivity index (χ3v) is 9.03. The van der Waals surface area contributed by atoms with Crippen molar-refractivity contribution in [2.45, 2.75) is 90.4 Å². The zero-order valence-corrected chi connectivity index (χ0v) is 21.3. The van der Waals surface area contributed by atoms with Crippen molar-refractivity contribution in [1.82, 2.24) is 19.9 Å². The molecule has 5 heterocycles. The highest BCUT2D eigenvalue weighted by Crippen LogP contribution is 2.60. The van der Waals surface area contributed by atoms with Gasteiger partial charge in [0.1, 0.15) is 5.69 Å². The summed E-state index contributed by atoms with van der Waals surface area (Å²) in [6, 6.07) is 8.32. The maximum atomic E-state index is 13.7. The Kier molecular flexibility index (Phi) is 5.36. The molecule has 2 aromatic rings. The van der Waals surface area contributed by atoms with Crippen molar-refractivity contribution in [2.24, 2.45) is 23.7 Å². The minimum Gasteiger partial charge on any atom is -0.321 e. The van der Waals surface area contributed by atoms with Gasteiger partial charge < -0.3 is 9.64 Å². The van der Waals surface area contributed by atoms with Crippen LogP contribution >= 0.6 is 0 Å². The number of likely N-dealkylation sites (tertiary alicyclic amines) is 1. The van der Waals surface area contributed by atoms with Crippen LogP contribution in [0.5, 0.6) is 0 Å².